The predicted molar refractivity (Wildman–Crippen MR) is 110 cm³/mol. The molecular weight excluding hydrogens is 423 g/mol. The molecule has 0 aromatic heterocycles. The van der Waals surface area contributed by atoms with Crippen LogP contribution >= 0.6 is 0 Å². The second-order valence-electron chi connectivity index (χ2n) is 6.52. The van der Waals surface area contributed by atoms with Crippen LogP contribution in [0.1, 0.15) is 32.4 Å². The zero-order valence-electron chi connectivity index (χ0n) is 16.2. The lowest BCUT2D eigenvalue weighted by Crippen LogP contribution is -2.41. The first-order valence-electron chi connectivity index (χ1n) is 9.11. The number of nitrogens with zero attached hydrogens (tertiary/aromatic N) is 2. The molecule has 0 aliphatic rings. The van der Waals surface area contributed by atoms with E-state index in [0.717, 1.165) is 18.2 Å². The molecule has 0 heterocycles. The van der Waals surface area contributed by atoms with Crippen LogP contribution in [-0.2, 0) is 0 Å². The monoisotopic (exact) mass is 438 g/mol. The van der Waals surface area contributed by atoms with Crippen LogP contribution in [0.2, 0.25) is 0 Å². The van der Waals surface area contributed by atoms with Crippen LogP contribution in [0.4, 0.5) is 15.8 Å². The Labute approximate surface area is 180 Å². The molecule has 0 saturated carbocycles. The van der Waals surface area contributed by atoms with E-state index in [-0.39, 0.29) is 28.1 Å². The molecule has 0 aliphatic carbocycles. The lowest BCUT2D eigenvalue weighted by Gasteiger charge is -2.21. The second-order valence-corrected chi connectivity index (χ2v) is 6.52. The topological polar surface area (TPSA) is 144 Å². The number of benzene rings is 3. The van der Waals surface area contributed by atoms with Crippen molar-refractivity contribution in [2.24, 2.45) is 0 Å². The summed E-state index contributed by atoms with van der Waals surface area (Å²) in [6.45, 7) is 0. The van der Waals surface area contributed by atoms with Gasteiger partial charge in [-0.3, -0.25) is 29.8 Å². The van der Waals surface area contributed by atoms with Crippen LogP contribution in [0.15, 0.2) is 72.8 Å². The summed E-state index contributed by atoms with van der Waals surface area (Å²) in [5.41, 5.74) is -0.873. The summed E-state index contributed by atoms with van der Waals surface area (Å²) in [4.78, 5) is 45.9. The van der Waals surface area contributed by atoms with Gasteiger partial charge < -0.3 is 10.6 Å². The van der Waals surface area contributed by atoms with Crippen molar-refractivity contribution < 1.29 is 23.8 Å². The van der Waals surface area contributed by atoms with Crippen molar-refractivity contribution in [3.8, 4) is 0 Å². The Balaban J connectivity index is 1.90. The molecule has 3 aromatic rings. The van der Waals surface area contributed by atoms with Gasteiger partial charge in [0.15, 0.2) is 0 Å². The molecule has 3 aromatic carbocycles. The largest absolute Gasteiger partial charge is 0.328 e. The summed E-state index contributed by atoms with van der Waals surface area (Å²) in [6.07, 6.45) is -1.37. The molecule has 0 bridgehead atoms. The summed E-state index contributed by atoms with van der Waals surface area (Å²) in [7, 11) is 0. The Kier molecular flexibility index (Phi) is 6.49. The zero-order valence-corrected chi connectivity index (χ0v) is 16.2. The first kappa shape index (κ1) is 22.0. The lowest BCUT2D eigenvalue weighted by molar-refractivity contribution is -0.385. The van der Waals surface area contributed by atoms with Crippen molar-refractivity contribution in [2.75, 3.05) is 0 Å². The number of amides is 2. The van der Waals surface area contributed by atoms with Crippen molar-refractivity contribution in [3.63, 3.8) is 0 Å². The summed E-state index contributed by atoms with van der Waals surface area (Å²) in [5.74, 6) is -2.33. The third-order valence-electron chi connectivity index (χ3n) is 4.41. The minimum atomic E-state index is -1.37. The molecule has 2 amide bonds. The van der Waals surface area contributed by atoms with E-state index in [0.29, 0.717) is 0 Å². The van der Waals surface area contributed by atoms with Gasteiger partial charge in [0.2, 0.25) is 0 Å². The highest BCUT2D eigenvalue weighted by molar-refractivity contribution is 5.97. The third kappa shape index (κ3) is 5.08. The molecule has 0 fully saturated rings. The molecule has 0 aliphatic heterocycles. The Morgan fingerprint density at radius 3 is 1.66 bits per heavy atom. The van der Waals surface area contributed by atoms with Crippen LogP contribution in [-0.4, -0.2) is 21.7 Å². The van der Waals surface area contributed by atoms with Crippen LogP contribution in [0.25, 0.3) is 0 Å². The van der Waals surface area contributed by atoms with E-state index in [9.17, 15) is 34.2 Å². The Morgan fingerprint density at radius 2 is 1.22 bits per heavy atom. The van der Waals surface area contributed by atoms with Crippen molar-refractivity contribution in [1.29, 1.82) is 0 Å². The molecule has 0 spiro atoms. The number of carbonyl (C=O) groups excluding carboxylic acids is 2. The summed E-state index contributed by atoms with van der Waals surface area (Å²) in [6, 6.07) is 15.1. The van der Waals surface area contributed by atoms with Crippen LogP contribution in [0, 0.1) is 26.0 Å². The van der Waals surface area contributed by atoms with Gasteiger partial charge in [0.05, 0.1) is 9.85 Å². The van der Waals surface area contributed by atoms with Crippen LogP contribution < -0.4 is 10.6 Å². The fourth-order valence-electron chi connectivity index (χ4n) is 2.85. The number of nitrogens with one attached hydrogen (secondary N) is 2. The van der Waals surface area contributed by atoms with E-state index in [1.165, 1.54) is 54.6 Å². The highest BCUT2D eigenvalue weighted by Crippen LogP contribution is 2.19. The number of rotatable bonds is 7. The SMILES string of the molecule is O=C(NC(NC(=O)c1cccc([N+](=O)[O-])c1)c1ccccc1F)c1cccc([N+](=O)[O-])c1. The highest BCUT2D eigenvalue weighted by atomic mass is 19.1. The minimum Gasteiger partial charge on any atom is -0.328 e. The van der Waals surface area contributed by atoms with Crippen molar-refractivity contribution >= 4 is 23.2 Å². The van der Waals surface area contributed by atoms with E-state index in [1.54, 1.807) is 0 Å². The number of hydrogen-bond acceptors (Lipinski definition) is 6. The average Bonchev–Trinajstić information content (AvgIpc) is 2.79. The van der Waals surface area contributed by atoms with Crippen molar-refractivity contribution in [2.45, 2.75) is 6.17 Å². The molecule has 0 unspecified atom stereocenters. The number of nitro groups is 2. The van der Waals surface area contributed by atoms with E-state index in [2.05, 4.69) is 10.6 Å². The van der Waals surface area contributed by atoms with Crippen LogP contribution in [0.3, 0.4) is 0 Å². The van der Waals surface area contributed by atoms with Crippen molar-refractivity contribution in [1.82, 2.24) is 10.6 Å². The van der Waals surface area contributed by atoms with Gasteiger partial charge in [-0.15, -0.1) is 0 Å². The molecule has 3 rings (SSSR count). The maximum Gasteiger partial charge on any atom is 0.270 e. The van der Waals surface area contributed by atoms with Crippen LogP contribution in [0.5, 0.6) is 0 Å². The summed E-state index contributed by atoms with van der Waals surface area (Å²) in [5, 5.41) is 26.8. The van der Waals surface area contributed by atoms with Gasteiger partial charge in [0.1, 0.15) is 12.0 Å². The van der Waals surface area contributed by atoms with Gasteiger partial charge in [-0.1, -0.05) is 30.3 Å². The summed E-state index contributed by atoms with van der Waals surface area (Å²) < 4.78 is 14.4. The van der Waals surface area contributed by atoms with E-state index < -0.39 is 33.6 Å². The zero-order chi connectivity index (χ0) is 23.3. The number of hydrogen-bond donors (Lipinski definition) is 2. The fourth-order valence-corrected chi connectivity index (χ4v) is 2.85. The fraction of sp³-hybridized carbons (Fsp3) is 0.0476. The molecule has 2 N–H and O–H groups in total. The number of halogens is 1. The van der Waals surface area contributed by atoms with E-state index >= 15 is 0 Å². The van der Waals surface area contributed by atoms with Gasteiger partial charge in [0, 0.05) is 41.0 Å². The first-order valence-corrected chi connectivity index (χ1v) is 9.11. The molecular formula is C21H15FN4O6. The average molecular weight is 438 g/mol. The molecule has 0 saturated heterocycles. The molecule has 11 heteroatoms. The maximum atomic E-state index is 14.4. The van der Waals surface area contributed by atoms with Gasteiger partial charge >= 0.3 is 0 Å². The quantitative estimate of drug-likeness (QED) is 0.328. The first-order chi connectivity index (χ1) is 15.3. The van der Waals surface area contributed by atoms with Gasteiger partial charge in [0.25, 0.3) is 23.2 Å². The molecule has 0 atom stereocenters. The van der Waals surface area contributed by atoms with Gasteiger partial charge in [-0.05, 0) is 18.2 Å². The third-order valence-corrected chi connectivity index (χ3v) is 4.41. The number of nitro benzene ring substituents is 2. The van der Waals surface area contributed by atoms with E-state index in [4.69, 9.17) is 0 Å². The highest BCUT2D eigenvalue weighted by Gasteiger charge is 2.23. The molecule has 162 valence electrons. The van der Waals surface area contributed by atoms with Crippen molar-refractivity contribution in [3.05, 3.63) is 116 Å². The predicted octanol–water partition coefficient (Wildman–Crippen LogP) is 3.50. The van der Waals surface area contributed by atoms with Gasteiger partial charge in [-0.25, -0.2) is 4.39 Å². The molecule has 32 heavy (non-hydrogen) atoms. The molecule has 0 radical (unpaired) electrons. The van der Waals surface area contributed by atoms with Gasteiger partial charge in [-0.2, -0.15) is 0 Å². The minimum absolute atomic E-state index is 0.0786. The second kappa shape index (κ2) is 9.43. The molecule has 10 nitrogen and oxygen atoms in total. The number of carbonyl (C=O) groups is 2. The standard InChI is InChI=1S/C21H15FN4O6/c22-18-10-2-1-9-17(18)19(23-20(27)13-5-3-7-15(11-13)25(29)30)24-21(28)14-6-4-8-16(12-14)26(31)32/h1-12,19H,(H,23,27)(H,24,28). The number of non-ortho nitro benzene ring substituents is 2. The summed E-state index contributed by atoms with van der Waals surface area (Å²) >= 11 is 0. The Hall–Kier alpha value is -4.67. The lowest BCUT2D eigenvalue weighted by atomic mass is 10.1. The Bertz CT molecular complexity index is 1140. The maximum absolute atomic E-state index is 14.4. The van der Waals surface area contributed by atoms with E-state index in [1.807, 2.05) is 0 Å². The smallest absolute Gasteiger partial charge is 0.270 e. The normalized spacial score (nSPS) is 10.4. The Morgan fingerprint density at radius 1 is 0.750 bits per heavy atom.